The van der Waals surface area contributed by atoms with Crippen molar-refractivity contribution in [2.24, 2.45) is 0 Å². The van der Waals surface area contributed by atoms with E-state index in [9.17, 15) is 9.90 Å². The minimum Gasteiger partial charge on any atom is -0.508 e. The van der Waals surface area contributed by atoms with Gasteiger partial charge in [-0.15, -0.1) is 0 Å². The third-order valence-electron chi connectivity index (χ3n) is 3.89. The van der Waals surface area contributed by atoms with Gasteiger partial charge in [0.05, 0.1) is 0 Å². The fraction of sp³-hybridized carbons (Fsp3) is 0.235. The van der Waals surface area contributed by atoms with Crippen molar-refractivity contribution in [1.29, 1.82) is 0 Å². The number of hydrogen-bond acceptors (Lipinski definition) is 3. The van der Waals surface area contributed by atoms with Crippen molar-refractivity contribution in [2.45, 2.75) is 18.8 Å². The van der Waals surface area contributed by atoms with Gasteiger partial charge in [0.25, 0.3) is 0 Å². The van der Waals surface area contributed by atoms with Gasteiger partial charge < -0.3 is 14.9 Å². The fourth-order valence-electron chi connectivity index (χ4n) is 2.64. The van der Waals surface area contributed by atoms with E-state index < -0.39 is 11.9 Å². The van der Waals surface area contributed by atoms with E-state index in [1.807, 2.05) is 24.3 Å². The van der Waals surface area contributed by atoms with Crippen molar-refractivity contribution in [3.63, 3.8) is 0 Å². The van der Waals surface area contributed by atoms with Gasteiger partial charge in [-0.3, -0.25) is 4.79 Å². The first kappa shape index (κ1) is 14.7. The van der Waals surface area contributed by atoms with E-state index in [0.717, 1.165) is 23.1 Å². The van der Waals surface area contributed by atoms with Crippen LogP contribution >= 0.6 is 11.6 Å². The number of rotatable bonds is 4. The lowest BCUT2D eigenvalue weighted by Crippen LogP contribution is -2.12. The number of halogens is 1. The molecule has 0 aromatic heterocycles. The van der Waals surface area contributed by atoms with Crippen LogP contribution in [0.3, 0.4) is 0 Å². The third kappa shape index (κ3) is 2.88. The molecule has 0 radical (unpaired) electrons. The first-order chi connectivity index (χ1) is 10.5. The molecule has 5 heteroatoms. The van der Waals surface area contributed by atoms with E-state index in [4.69, 9.17) is 21.4 Å². The summed E-state index contributed by atoms with van der Waals surface area (Å²) in [5.41, 5.74) is 2.60. The smallest absolute Gasteiger partial charge is 0.314 e. The van der Waals surface area contributed by atoms with Crippen molar-refractivity contribution < 1.29 is 19.7 Å². The van der Waals surface area contributed by atoms with Gasteiger partial charge in [0.1, 0.15) is 24.0 Å². The Balaban J connectivity index is 1.73. The summed E-state index contributed by atoms with van der Waals surface area (Å²) in [6.45, 7) is 0.187. The van der Waals surface area contributed by atoms with Crippen LogP contribution < -0.4 is 4.74 Å². The average Bonchev–Trinajstić information content (AvgIpc) is 2.89. The summed E-state index contributed by atoms with van der Waals surface area (Å²) in [7, 11) is 0. The van der Waals surface area contributed by atoms with E-state index in [-0.39, 0.29) is 12.4 Å². The summed E-state index contributed by atoms with van der Waals surface area (Å²) >= 11 is 5.81. The van der Waals surface area contributed by atoms with Crippen molar-refractivity contribution in [2.75, 3.05) is 6.61 Å². The molecule has 1 atom stereocenters. The lowest BCUT2D eigenvalue weighted by Gasteiger charge is -2.07. The van der Waals surface area contributed by atoms with Crippen LogP contribution in [-0.4, -0.2) is 22.8 Å². The number of ether oxygens (including phenoxy) is 1. The number of aryl methyl sites for hydroxylation is 2. The van der Waals surface area contributed by atoms with Gasteiger partial charge >= 0.3 is 5.97 Å². The van der Waals surface area contributed by atoms with Crippen molar-refractivity contribution >= 4 is 17.6 Å². The number of benzene rings is 2. The van der Waals surface area contributed by atoms with E-state index in [1.54, 1.807) is 6.07 Å². The number of fused-ring (bicyclic) bond motifs is 1. The summed E-state index contributed by atoms with van der Waals surface area (Å²) < 4.78 is 5.46. The zero-order valence-corrected chi connectivity index (χ0v) is 12.5. The second-order valence-corrected chi connectivity index (χ2v) is 5.78. The molecule has 2 N–H and O–H groups in total. The molecule has 1 unspecified atom stereocenters. The molecule has 0 saturated heterocycles. The van der Waals surface area contributed by atoms with Gasteiger partial charge in [-0.05, 0) is 42.2 Å². The Morgan fingerprint density at radius 3 is 2.77 bits per heavy atom. The quantitative estimate of drug-likeness (QED) is 0.906. The lowest BCUT2D eigenvalue weighted by atomic mass is 9.97. The molecule has 1 aliphatic heterocycles. The normalized spacial score (nSPS) is 16.1. The molecule has 2 aromatic carbocycles. The Labute approximate surface area is 132 Å². The molecule has 4 nitrogen and oxygen atoms in total. The zero-order chi connectivity index (χ0) is 15.7. The maximum atomic E-state index is 11.1. The highest BCUT2D eigenvalue weighted by molar-refractivity contribution is 6.30. The number of carboxylic acids is 1. The van der Waals surface area contributed by atoms with Gasteiger partial charge in [-0.1, -0.05) is 29.8 Å². The molecule has 0 spiro atoms. The topological polar surface area (TPSA) is 66.8 Å². The van der Waals surface area contributed by atoms with E-state index >= 15 is 0 Å². The Hall–Kier alpha value is -2.20. The molecule has 0 amide bonds. The number of carboxylic acid groups (broad SMARTS) is 1. The Kier molecular flexibility index (Phi) is 3.94. The van der Waals surface area contributed by atoms with Gasteiger partial charge in [-0.2, -0.15) is 0 Å². The van der Waals surface area contributed by atoms with Crippen LogP contribution in [-0.2, 0) is 17.6 Å². The second-order valence-electron chi connectivity index (χ2n) is 5.35. The highest BCUT2D eigenvalue weighted by Gasteiger charge is 2.30. The molecular weight excluding hydrogens is 304 g/mol. The first-order valence-electron chi connectivity index (χ1n) is 7.00. The Morgan fingerprint density at radius 2 is 2.05 bits per heavy atom. The summed E-state index contributed by atoms with van der Waals surface area (Å²) in [5, 5.41) is 19.5. The van der Waals surface area contributed by atoms with Crippen LogP contribution in [0.2, 0.25) is 5.02 Å². The minimum atomic E-state index is -0.863. The Morgan fingerprint density at radius 1 is 1.23 bits per heavy atom. The molecule has 0 bridgehead atoms. The zero-order valence-electron chi connectivity index (χ0n) is 11.8. The maximum absolute atomic E-state index is 11.1. The highest BCUT2D eigenvalue weighted by Crippen LogP contribution is 2.35. The molecule has 0 fully saturated rings. The minimum absolute atomic E-state index is 0.187. The molecule has 114 valence electrons. The van der Waals surface area contributed by atoms with Crippen LogP contribution in [0.5, 0.6) is 11.5 Å². The number of hydrogen-bond donors (Lipinski definition) is 2. The summed E-state index contributed by atoms with van der Waals surface area (Å²) in [4.78, 5) is 11.1. The van der Waals surface area contributed by atoms with Crippen molar-refractivity contribution in [3.8, 4) is 11.5 Å². The van der Waals surface area contributed by atoms with Crippen LogP contribution in [0.15, 0.2) is 36.4 Å². The largest absolute Gasteiger partial charge is 0.508 e. The number of phenols is 1. The maximum Gasteiger partial charge on any atom is 0.314 e. The van der Waals surface area contributed by atoms with E-state index in [2.05, 4.69) is 0 Å². The standard InChI is InChI=1S/C17H15ClO4/c18-12-5-4-11(15(19)8-12)3-1-10-2-6-13-14(17(20)21)9-22-16(13)7-10/h2,4-8,14,19H,1,3,9H2,(H,20,21). The molecule has 2 aromatic rings. The monoisotopic (exact) mass is 318 g/mol. The van der Waals surface area contributed by atoms with E-state index in [0.29, 0.717) is 17.2 Å². The predicted molar refractivity (Wildman–Crippen MR) is 82.8 cm³/mol. The molecule has 1 aliphatic rings. The summed E-state index contributed by atoms with van der Waals surface area (Å²) in [6.07, 6.45) is 1.40. The average molecular weight is 319 g/mol. The Bertz CT molecular complexity index is 727. The molecule has 0 saturated carbocycles. The molecule has 1 heterocycles. The number of phenolic OH excluding ortho intramolecular Hbond substituents is 1. The van der Waals surface area contributed by atoms with Gasteiger partial charge in [0.2, 0.25) is 0 Å². The van der Waals surface area contributed by atoms with E-state index in [1.165, 1.54) is 6.07 Å². The van der Waals surface area contributed by atoms with Crippen molar-refractivity contribution in [1.82, 2.24) is 0 Å². The molecule has 22 heavy (non-hydrogen) atoms. The van der Waals surface area contributed by atoms with Gasteiger partial charge in [0.15, 0.2) is 0 Å². The molecular formula is C17H15ClO4. The summed E-state index contributed by atoms with van der Waals surface area (Å²) in [5.74, 6) is -0.608. The lowest BCUT2D eigenvalue weighted by molar-refractivity contribution is -0.138. The van der Waals surface area contributed by atoms with Gasteiger partial charge in [0, 0.05) is 10.6 Å². The number of aromatic hydroxyl groups is 1. The SMILES string of the molecule is O=C(O)C1COc2cc(CCc3ccc(Cl)cc3O)ccc21. The fourth-order valence-corrected chi connectivity index (χ4v) is 2.81. The van der Waals surface area contributed by atoms with Crippen LogP contribution in [0.25, 0.3) is 0 Å². The van der Waals surface area contributed by atoms with Crippen molar-refractivity contribution in [3.05, 3.63) is 58.1 Å². The predicted octanol–water partition coefficient (Wildman–Crippen LogP) is 3.39. The highest BCUT2D eigenvalue weighted by atomic mass is 35.5. The first-order valence-corrected chi connectivity index (χ1v) is 7.38. The molecule has 0 aliphatic carbocycles. The van der Waals surface area contributed by atoms with Crippen LogP contribution in [0, 0.1) is 0 Å². The van der Waals surface area contributed by atoms with Crippen LogP contribution in [0.4, 0.5) is 0 Å². The number of carbonyl (C=O) groups is 1. The second kappa shape index (κ2) is 5.89. The van der Waals surface area contributed by atoms with Gasteiger partial charge in [-0.25, -0.2) is 0 Å². The number of aliphatic carboxylic acids is 1. The molecule has 3 rings (SSSR count). The third-order valence-corrected chi connectivity index (χ3v) is 4.12. The summed E-state index contributed by atoms with van der Waals surface area (Å²) in [6, 6.07) is 10.7. The van der Waals surface area contributed by atoms with Crippen LogP contribution in [0.1, 0.15) is 22.6 Å².